The molecule has 2 heteroatoms. The van der Waals surface area contributed by atoms with Crippen LogP contribution in [0.3, 0.4) is 0 Å². The summed E-state index contributed by atoms with van der Waals surface area (Å²) in [5.41, 5.74) is 1.81. The Labute approximate surface area is 96.7 Å². The van der Waals surface area contributed by atoms with Gasteiger partial charge in [-0.2, -0.15) is 0 Å². The highest BCUT2D eigenvalue weighted by atomic mass is 19.1. The first-order valence-electron chi connectivity index (χ1n) is 5.90. The van der Waals surface area contributed by atoms with Crippen LogP contribution in [-0.4, -0.2) is 5.78 Å². The Balaban J connectivity index is 2.52. The number of hydrogen-bond donors (Lipinski definition) is 0. The number of benzene rings is 1. The van der Waals surface area contributed by atoms with Crippen molar-refractivity contribution in [2.24, 2.45) is 0 Å². The zero-order valence-electron chi connectivity index (χ0n) is 10.1. The number of aryl methyl sites for hydroxylation is 1. The summed E-state index contributed by atoms with van der Waals surface area (Å²) < 4.78 is 13.0. The molecule has 0 saturated heterocycles. The molecule has 0 atom stereocenters. The van der Waals surface area contributed by atoms with Crippen LogP contribution in [-0.2, 0) is 11.2 Å². The average molecular weight is 222 g/mol. The van der Waals surface area contributed by atoms with Gasteiger partial charge in [-0.05, 0) is 36.6 Å². The van der Waals surface area contributed by atoms with Crippen molar-refractivity contribution in [2.45, 2.75) is 46.0 Å². The summed E-state index contributed by atoms with van der Waals surface area (Å²) in [7, 11) is 0. The van der Waals surface area contributed by atoms with Crippen LogP contribution < -0.4 is 0 Å². The smallest absolute Gasteiger partial charge is 0.137 e. The first-order chi connectivity index (χ1) is 7.63. The molecule has 0 saturated carbocycles. The van der Waals surface area contributed by atoms with Crippen molar-refractivity contribution in [3.8, 4) is 0 Å². The first-order valence-corrected chi connectivity index (χ1v) is 5.90. The number of Topliss-reactive ketones (excluding diaryl/α,β-unsaturated/α-hetero) is 1. The molecule has 1 aromatic rings. The summed E-state index contributed by atoms with van der Waals surface area (Å²) in [6.07, 6.45) is 4.14. The van der Waals surface area contributed by atoms with E-state index in [4.69, 9.17) is 0 Å². The maximum atomic E-state index is 13.0. The summed E-state index contributed by atoms with van der Waals surface area (Å²) in [6, 6.07) is 4.62. The quantitative estimate of drug-likeness (QED) is 0.669. The molecule has 0 aliphatic rings. The maximum Gasteiger partial charge on any atom is 0.137 e. The Morgan fingerprint density at radius 3 is 2.75 bits per heavy atom. The van der Waals surface area contributed by atoms with E-state index in [0.29, 0.717) is 12.8 Å². The molecule has 0 radical (unpaired) electrons. The molecule has 0 unspecified atom stereocenters. The third-order valence-electron chi connectivity index (χ3n) is 2.76. The van der Waals surface area contributed by atoms with E-state index in [-0.39, 0.29) is 11.6 Å². The maximum absolute atomic E-state index is 13.0. The standard InChI is InChI=1S/C14H19FO/c1-3-4-5-6-14(16)10-12-9-13(15)8-7-11(12)2/h7-9H,3-6,10H2,1-2H3. The van der Waals surface area contributed by atoms with E-state index in [2.05, 4.69) is 6.92 Å². The topological polar surface area (TPSA) is 17.1 Å². The van der Waals surface area contributed by atoms with Crippen molar-refractivity contribution >= 4 is 5.78 Å². The molecular weight excluding hydrogens is 203 g/mol. The van der Waals surface area contributed by atoms with Crippen LogP contribution in [0.1, 0.15) is 43.7 Å². The van der Waals surface area contributed by atoms with Gasteiger partial charge in [0.05, 0.1) is 0 Å². The summed E-state index contributed by atoms with van der Waals surface area (Å²) in [4.78, 5) is 11.6. The van der Waals surface area contributed by atoms with Crippen LogP contribution in [0.25, 0.3) is 0 Å². The molecule has 0 aliphatic carbocycles. The summed E-state index contributed by atoms with van der Waals surface area (Å²) >= 11 is 0. The third kappa shape index (κ3) is 4.13. The second-order valence-electron chi connectivity index (χ2n) is 4.24. The largest absolute Gasteiger partial charge is 0.299 e. The zero-order chi connectivity index (χ0) is 12.0. The Morgan fingerprint density at radius 2 is 2.06 bits per heavy atom. The SMILES string of the molecule is CCCCCC(=O)Cc1cc(F)ccc1C. The van der Waals surface area contributed by atoms with Gasteiger partial charge in [-0.15, -0.1) is 0 Å². The molecule has 1 rings (SSSR count). The molecule has 0 spiro atoms. The fraction of sp³-hybridized carbons (Fsp3) is 0.500. The lowest BCUT2D eigenvalue weighted by atomic mass is 10.0. The fourth-order valence-electron chi connectivity index (χ4n) is 1.70. The van der Waals surface area contributed by atoms with E-state index in [1.807, 2.05) is 6.92 Å². The number of carbonyl (C=O) groups is 1. The fourth-order valence-corrected chi connectivity index (χ4v) is 1.70. The van der Waals surface area contributed by atoms with E-state index in [9.17, 15) is 9.18 Å². The second-order valence-corrected chi connectivity index (χ2v) is 4.24. The van der Waals surface area contributed by atoms with Crippen LogP contribution in [0, 0.1) is 12.7 Å². The van der Waals surface area contributed by atoms with E-state index in [1.54, 1.807) is 6.07 Å². The lowest BCUT2D eigenvalue weighted by molar-refractivity contribution is -0.118. The molecule has 0 amide bonds. The minimum Gasteiger partial charge on any atom is -0.299 e. The lowest BCUT2D eigenvalue weighted by Gasteiger charge is -2.05. The van der Waals surface area contributed by atoms with Gasteiger partial charge in [0, 0.05) is 12.8 Å². The summed E-state index contributed by atoms with van der Waals surface area (Å²) in [5, 5.41) is 0. The Morgan fingerprint density at radius 1 is 1.31 bits per heavy atom. The monoisotopic (exact) mass is 222 g/mol. The highest BCUT2D eigenvalue weighted by Gasteiger charge is 2.06. The van der Waals surface area contributed by atoms with Crippen molar-refractivity contribution in [3.05, 3.63) is 35.1 Å². The van der Waals surface area contributed by atoms with Crippen LogP contribution >= 0.6 is 0 Å². The minimum absolute atomic E-state index is 0.210. The van der Waals surface area contributed by atoms with Crippen LogP contribution in [0.2, 0.25) is 0 Å². The van der Waals surface area contributed by atoms with Crippen molar-refractivity contribution in [1.82, 2.24) is 0 Å². The predicted molar refractivity (Wildman–Crippen MR) is 64.0 cm³/mol. The summed E-state index contributed by atoms with van der Waals surface area (Å²) in [6.45, 7) is 4.02. The number of ketones is 1. The van der Waals surface area contributed by atoms with E-state index >= 15 is 0 Å². The van der Waals surface area contributed by atoms with Crippen molar-refractivity contribution in [1.29, 1.82) is 0 Å². The Kier molecular flexibility index (Phi) is 5.17. The molecule has 0 bridgehead atoms. The molecule has 0 fully saturated rings. The summed E-state index contributed by atoms with van der Waals surface area (Å²) in [5.74, 6) is -0.0518. The van der Waals surface area contributed by atoms with Crippen LogP contribution in [0.5, 0.6) is 0 Å². The average Bonchev–Trinajstić information content (AvgIpc) is 2.24. The number of rotatable bonds is 6. The van der Waals surface area contributed by atoms with E-state index < -0.39 is 0 Å². The van der Waals surface area contributed by atoms with Crippen LogP contribution in [0.4, 0.5) is 4.39 Å². The highest BCUT2D eigenvalue weighted by molar-refractivity contribution is 5.81. The third-order valence-corrected chi connectivity index (χ3v) is 2.76. The number of unbranched alkanes of at least 4 members (excludes halogenated alkanes) is 2. The molecule has 1 aromatic carbocycles. The second kappa shape index (κ2) is 6.41. The predicted octanol–water partition coefficient (Wildman–Crippen LogP) is 3.83. The number of halogens is 1. The molecule has 0 aromatic heterocycles. The van der Waals surface area contributed by atoms with E-state index in [0.717, 1.165) is 30.4 Å². The van der Waals surface area contributed by atoms with Gasteiger partial charge >= 0.3 is 0 Å². The van der Waals surface area contributed by atoms with Gasteiger partial charge in [-0.25, -0.2) is 4.39 Å². The molecule has 0 heterocycles. The molecule has 1 nitrogen and oxygen atoms in total. The molecule has 0 aliphatic heterocycles. The van der Waals surface area contributed by atoms with Crippen molar-refractivity contribution in [2.75, 3.05) is 0 Å². The van der Waals surface area contributed by atoms with Gasteiger partial charge in [-0.3, -0.25) is 4.79 Å². The number of carbonyl (C=O) groups excluding carboxylic acids is 1. The van der Waals surface area contributed by atoms with Crippen LogP contribution in [0.15, 0.2) is 18.2 Å². The van der Waals surface area contributed by atoms with Gasteiger partial charge in [0.15, 0.2) is 0 Å². The van der Waals surface area contributed by atoms with Gasteiger partial charge in [0.1, 0.15) is 11.6 Å². The number of hydrogen-bond acceptors (Lipinski definition) is 1. The Bertz CT molecular complexity index is 358. The highest BCUT2D eigenvalue weighted by Crippen LogP contribution is 2.12. The van der Waals surface area contributed by atoms with Gasteiger partial charge in [0.25, 0.3) is 0 Å². The zero-order valence-corrected chi connectivity index (χ0v) is 10.1. The first kappa shape index (κ1) is 12.9. The van der Waals surface area contributed by atoms with Crippen molar-refractivity contribution in [3.63, 3.8) is 0 Å². The molecule has 88 valence electrons. The lowest BCUT2D eigenvalue weighted by Crippen LogP contribution is -2.04. The van der Waals surface area contributed by atoms with E-state index in [1.165, 1.54) is 12.1 Å². The van der Waals surface area contributed by atoms with Gasteiger partial charge in [0.2, 0.25) is 0 Å². The van der Waals surface area contributed by atoms with Gasteiger partial charge < -0.3 is 0 Å². The minimum atomic E-state index is -0.262. The van der Waals surface area contributed by atoms with Gasteiger partial charge in [-0.1, -0.05) is 25.8 Å². The normalized spacial score (nSPS) is 10.4. The molecule has 0 N–H and O–H groups in total. The van der Waals surface area contributed by atoms with Crippen molar-refractivity contribution < 1.29 is 9.18 Å². The molecular formula is C14H19FO. The molecule has 16 heavy (non-hydrogen) atoms. The Hall–Kier alpha value is -1.18.